The molecule has 0 saturated carbocycles. The van der Waals surface area contributed by atoms with Gasteiger partial charge in [-0.05, 0) is 26.0 Å². The molecule has 9 heteroatoms. The third kappa shape index (κ3) is 4.37. The molecule has 0 atom stereocenters. The molecule has 0 aliphatic carbocycles. The second kappa shape index (κ2) is 9.15. The standard InChI is InChI=1S/C20H24Cl2NO5P/c1-5-27-29(24,28-6-2)8-7-23-17-11-19(25-3)15(21)9-13(17)14-10-16(22)20(26-4)12-18(14)23/h9-12H,5-8H2,1-4H3. The van der Waals surface area contributed by atoms with Crippen molar-refractivity contribution >= 4 is 52.6 Å². The number of rotatable bonds is 9. The molecule has 0 amide bonds. The van der Waals surface area contributed by atoms with Crippen LogP contribution in [0.5, 0.6) is 11.5 Å². The van der Waals surface area contributed by atoms with Crippen molar-refractivity contribution < 1.29 is 23.1 Å². The van der Waals surface area contributed by atoms with Crippen molar-refractivity contribution in [2.24, 2.45) is 0 Å². The van der Waals surface area contributed by atoms with Crippen molar-refractivity contribution in [3.63, 3.8) is 0 Å². The zero-order valence-electron chi connectivity index (χ0n) is 16.8. The maximum atomic E-state index is 13.0. The third-order valence-corrected chi connectivity index (χ3v) is 7.30. The molecule has 0 unspecified atom stereocenters. The number of hydrogen-bond donors (Lipinski definition) is 0. The van der Waals surface area contributed by atoms with Gasteiger partial charge in [0.15, 0.2) is 0 Å². The Labute approximate surface area is 180 Å². The van der Waals surface area contributed by atoms with Crippen molar-refractivity contribution in [1.82, 2.24) is 4.57 Å². The van der Waals surface area contributed by atoms with Gasteiger partial charge in [-0.3, -0.25) is 4.57 Å². The summed E-state index contributed by atoms with van der Waals surface area (Å²) in [7, 11) is -0.0730. The molecule has 0 saturated heterocycles. The highest BCUT2D eigenvalue weighted by Crippen LogP contribution is 2.49. The number of ether oxygens (including phenoxy) is 2. The van der Waals surface area contributed by atoms with Gasteiger partial charge in [0.1, 0.15) is 11.5 Å². The van der Waals surface area contributed by atoms with Gasteiger partial charge in [0.2, 0.25) is 0 Å². The predicted octanol–water partition coefficient (Wildman–Crippen LogP) is 6.38. The molecule has 0 radical (unpaired) electrons. The Morgan fingerprint density at radius 1 is 0.862 bits per heavy atom. The summed E-state index contributed by atoms with van der Waals surface area (Å²) < 4.78 is 36.7. The van der Waals surface area contributed by atoms with E-state index >= 15 is 0 Å². The van der Waals surface area contributed by atoms with Gasteiger partial charge in [-0.2, -0.15) is 0 Å². The molecule has 1 heterocycles. The first-order valence-corrected chi connectivity index (χ1v) is 11.8. The first-order chi connectivity index (χ1) is 13.9. The van der Waals surface area contributed by atoms with Crippen LogP contribution in [-0.4, -0.2) is 38.2 Å². The Balaban J connectivity index is 2.20. The van der Waals surface area contributed by atoms with Crippen LogP contribution in [0.3, 0.4) is 0 Å². The largest absolute Gasteiger partial charge is 0.495 e. The SMILES string of the molecule is CCOP(=O)(CCn1c2cc(OC)c(Cl)cc2c2cc(Cl)c(OC)cc21)OCC. The Bertz CT molecular complexity index is 1000. The van der Waals surface area contributed by atoms with Crippen LogP contribution in [0.25, 0.3) is 21.8 Å². The summed E-state index contributed by atoms with van der Waals surface area (Å²) in [5, 5.41) is 2.83. The maximum Gasteiger partial charge on any atom is 0.332 e. The number of nitrogens with zero attached hydrogens (tertiary/aromatic N) is 1. The molecule has 29 heavy (non-hydrogen) atoms. The van der Waals surface area contributed by atoms with E-state index in [1.54, 1.807) is 28.1 Å². The molecule has 6 nitrogen and oxygen atoms in total. The van der Waals surface area contributed by atoms with Crippen LogP contribution in [0, 0.1) is 0 Å². The Kier molecular flexibility index (Phi) is 7.02. The van der Waals surface area contributed by atoms with Crippen molar-refractivity contribution in [3.8, 4) is 11.5 Å². The van der Waals surface area contributed by atoms with E-state index in [1.165, 1.54) is 0 Å². The highest BCUT2D eigenvalue weighted by atomic mass is 35.5. The third-order valence-electron chi connectivity index (χ3n) is 4.66. The molecular formula is C20H24Cl2NO5P. The Morgan fingerprint density at radius 3 is 1.69 bits per heavy atom. The zero-order valence-corrected chi connectivity index (χ0v) is 19.2. The Morgan fingerprint density at radius 2 is 1.31 bits per heavy atom. The van der Waals surface area contributed by atoms with E-state index in [9.17, 15) is 4.57 Å². The fraction of sp³-hybridized carbons (Fsp3) is 0.400. The molecule has 0 spiro atoms. The van der Waals surface area contributed by atoms with Crippen molar-refractivity contribution in [2.45, 2.75) is 20.4 Å². The monoisotopic (exact) mass is 459 g/mol. The van der Waals surface area contributed by atoms with Gasteiger partial charge in [-0.15, -0.1) is 0 Å². The lowest BCUT2D eigenvalue weighted by molar-refractivity contribution is 0.219. The summed E-state index contributed by atoms with van der Waals surface area (Å²) in [6, 6.07) is 7.43. The van der Waals surface area contributed by atoms with Crippen LogP contribution in [-0.2, 0) is 20.2 Å². The molecule has 158 valence electrons. The average Bonchev–Trinajstić information content (AvgIpc) is 2.97. The first kappa shape index (κ1) is 22.3. The number of fused-ring (bicyclic) bond motifs is 3. The van der Waals surface area contributed by atoms with Gasteiger partial charge >= 0.3 is 7.60 Å². The molecule has 3 aromatic rings. The lowest BCUT2D eigenvalue weighted by Crippen LogP contribution is -2.07. The van der Waals surface area contributed by atoms with E-state index in [-0.39, 0.29) is 6.16 Å². The van der Waals surface area contributed by atoms with Crippen LogP contribution >= 0.6 is 30.8 Å². The van der Waals surface area contributed by atoms with Crippen molar-refractivity contribution in [3.05, 3.63) is 34.3 Å². The van der Waals surface area contributed by atoms with E-state index in [4.69, 9.17) is 41.7 Å². The summed E-state index contributed by atoms with van der Waals surface area (Å²) in [6.45, 7) is 4.64. The smallest absolute Gasteiger partial charge is 0.332 e. The minimum Gasteiger partial charge on any atom is -0.495 e. The van der Waals surface area contributed by atoms with E-state index in [0.717, 1.165) is 21.8 Å². The normalized spacial score (nSPS) is 12.1. The molecule has 0 aliphatic rings. The van der Waals surface area contributed by atoms with Crippen LogP contribution in [0.15, 0.2) is 24.3 Å². The van der Waals surface area contributed by atoms with Crippen molar-refractivity contribution in [2.75, 3.05) is 33.6 Å². The molecule has 2 aromatic carbocycles. The number of benzene rings is 2. The van der Waals surface area contributed by atoms with Crippen LogP contribution in [0.2, 0.25) is 10.0 Å². The molecule has 0 aliphatic heterocycles. The lowest BCUT2D eigenvalue weighted by atomic mass is 10.1. The van der Waals surface area contributed by atoms with E-state index in [0.29, 0.717) is 41.3 Å². The van der Waals surface area contributed by atoms with E-state index in [1.807, 2.05) is 28.8 Å². The quantitative estimate of drug-likeness (QED) is 0.347. The second-order valence-corrected chi connectivity index (χ2v) is 9.33. The van der Waals surface area contributed by atoms with Crippen molar-refractivity contribution in [1.29, 1.82) is 0 Å². The molecule has 1 aromatic heterocycles. The van der Waals surface area contributed by atoms with Crippen LogP contribution in [0.1, 0.15) is 13.8 Å². The maximum absolute atomic E-state index is 13.0. The molecular weight excluding hydrogens is 436 g/mol. The summed E-state index contributed by atoms with van der Waals surface area (Å²) in [6.07, 6.45) is 0.226. The summed E-state index contributed by atoms with van der Waals surface area (Å²) in [5.41, 5.74) is 1.76. The number of aromatic nitrogens is 1. The van der Waals surface area contributed by atoms with Gasteiger partial charge in [0.25, 0.3) is 0 Å². The van der Waals surface area contributed by atoms with Gasteiger partial charge in [0, 0.05) is 29.4 Å². The topological polar surface area (TPSA) is 58.9 Å². The summed E-state index contributed by atoms with van der Waals surface area (Å²) in [4.78, 5) is 0. The second-order valence-electron chi connectivity index (χ2n) is 6.33. The van der Waals surface area contributed by atoms with Gasteiger partial charge in [-0.25, -0.2) is 0 Å². The summed E-state index contributed by atoms with van der Waals surface area (Å²) >= 11 is 12.7. The highest BCUT2D eigenvalue weighted by Gasteiger charge is 2.25. The molecule has 0 bridgehead atoms. The minimum atomic E-state index is -3.21. The number of methoxy groups -OCH3 is 2. The average molecular weight is 460 g/mol. The van der Waals surface area contributed by atoms with Gasteiger partial charge < -0.3 is 23.1 Å². The number of halogens is 2. The fourth-order valence-corrected chi connectivity index (χ4v) is 5.48. The first-order valence-electron chi connectivity index (χ1n) is 9.28. The van der Waals surface area contributed by atoms with Crippen LogP contribution in [0.4, 0.5) is 0 Å². The lowest BCUT2D eigenvalue weighted by Gasteiger charge is -2.18. The number of aryl methyl sites for hydroxylation is 1. The molecule has 3 rings (SSSR count). The van der Waals surface area contributed by atoms with E-state index < -0.39 is 7.60 Å². The zero-order chi connectivity index (χ0) is 21.2. The summed E-state index contributed by atoms with van der Waals surface area (Å²) in [5.74, 6) is 1.11. The van der Waals surface area contributed by atoms with Crippen LogP contribution < -0.4 is 9.47 Å². The Hall–Kier alpha value is -1.43. The minimum absolute atomic E-state index is 0.226. The van der Waals surface area contributed by atoms with E-state index in [2.05, 4.69) is 0 Å². The molecule has 0 fully saturated rings. The van der Waals surface area contributed by atoms with Gasteiger partial charge in [0.05, 0.1) is 54.7 Å². The fourth-order valence-electron chi connectivity index (χ4n) is 3.43. The number of hydrogen-bond acceptors (Lipinski definition) is 5. The molecule has 0 N–H and O–H groups in total. The highest BCUT2D eigenvalue weighted by molar-refractivity contribution is 7.53. The predicted molar refractivity (Wildman–Crippen MR) is 118 cm³/mol. The van der Waals surface area contributed by atoms with Gasteiger partial charge in [-0.1, -0.05) is 23.2 Å².